The second-order valence-corrected chi connectivity index (χ2v) is 25.8. The largest absolute Gasteiger partial charge is 0.484 e. The number of aromatic nitrogens is 5. The summed E-state index contributed by atoms with van der Waals surface area (Å²) in [7, 11) is 0. The highest BCUT2D eigenvalue weighted by Crippen LogP contribution is 2.30. The maximum atomic E-state index is 13.8. The van der Waals surface area contributed by atoms with E-state index in [4.69, 9.17) is 47.1 Å². The molecular formula is C83H68F5N11O12. The number of benzene rings is 7. The van der Waals surface area contributed by atoms with Gasteiger partial charge in [-0.1, -0.05) is 66.7 Å². The van der Waals surface area contributed by atoms with Gasteiger partial charge in [0.2, 0.25) is 23.6 Å². The topological polar surface area (TPSA) is 283 Å². The zero-order valence-corrected chi connectivity index (χ0v) is 59.8. The number of fused-ring (bicyclic) bond motifs is 4. The molecule has 23 nitrogen and oxygen atoms in total. The molecule has 28 heteroatoms. The maximum Gasteiger partial charge on any atom is 0.275 e. The number of halogens is 5. The van der Waals surface area contributed by atoms with E-state index in [1.165, 1.54) is 53.4 Å². The van der Waals surface area contributed by atoms with Gasteiger partial charge in [0.15, 0.2) is 37.9 Å². The van der Waals surface area contributed by atoms with E-state index >= 15 is 0 Å². The Morgan fingerprint density at radius 2 is 0.793 bits per heavy atom. The molecule has 12 aromatic rings. The second kappa shape index (κ2) is 34.9. The Labute approximate surface area is 632 Å². The summed E-state index contributed by atoms with van der Waals surface area (Å²) in [5, 5.41) is 17.9. The summed E-state index contributed by atoms with van der Waals surface area (Å²) >= 11 is 0. The van der Waals surface area contributed by atoms with Crippen molar-refractivity contribution in [1.82, 2.24) is 44.5 Å². The number of hydrogen-bond donors (Lipinski definition) is 0. The lowest BCUT2D eigenvalue weighted by atomic mass is 10.1. The van der Waals surface area contributed by atoms with Crippen molar-refractivity contribution < 1.29 is 77.7 Å². The molecule has 16 rings (SSSR count). The van der Waals surface area contributed by atoms with Crippen molar-refractivity contribution in [3.63, 3.8) is 0 Å². The van der Waals surface area contributed by atoms with Gasteiger partial charge in [-0.2, -0.15) is 10.5 Å². The summed E-state index contributed by atoms with van der Waals surface area (Å²) in [5.74, 6) is 2.45. The molecule has 4 aliphatic heterocycles. The Kier molecular flexibility index (Phi) is 23.7. The van der Waals surface area contributed by atoms with Crippen molar-refractivity contribution in [3.8, 4) is 35.1 Å². The van der Waals surface area contributed by atoms with Gasteiger partial charge in [0.25, 0.3) is 23.6 Å². The molecule has 0 N–H and O–H groups in total. The van der Waals surface area contributed by atoms with E-state index in [2.05, 4.69) is 24.9 Å². The van der Waals surface area contributed by atoms with E-state index < -0.39 is 34.9 Å². The molecular weight excluding hydrogens is 1440 g/mol. The highest BCUT2D eigenvalue weighted by molar-refractivity contribution is 5.96. The Morgan fingerprint density at radius 1 is 0.405 bits per heavy atom. The van der Waals surface area contributed by atoms with Gasteiger partial charge < -0.3 is 56.2 Å². The fraction of sp³-hybridized carbons (Fsp3) is 0.217. The Bertz CT molecular complexity index is 5450. The summed E-state index contributed by atoms with van der Waals surface area (Å²) in [6.45, 7) is 7.64. The third-order valence-corrected chi connectivity index (χ3v) is 18.0. The number of pyridine rings is 1. The van der Waals surface area contributed by atoms with E-state index in [0.717, 1.165) is 69.5 Å². The molecule has 0 saturated heterocycles. The van der Waals surface area contributed by atoms with Crippen molar-refractivity contribution in [2.45, 2.75) is 92.1 Å². The van der Waals surface area contributed by atoms with Crippen molar-refractivity contribution in [2.75, 3.05) is 26.2 Å². The molecule has 0 atom stereocenters. The minimum atomic E-state index is -0.986. The van der Waals surface area contributed by atoms with Crippen molar-refractivity contribution in [1.29, 1.82) is 10.5 Å². The summed E-state index contributed by atoms with van der Waals surface area (Å²) < 4.78 is 113. The molecule has 4 aliphatic rings. The predicted octanol–water partition coefficient (Wildman–Crippen LogP) is 14.3. The normalized spacial score (nSPS) is 13.1. The molecule has 4 amide bonds. The van der Waals surface area contributed by atoms with E-state index in [9.17, 15) is 41.1 Å². The lowest BCUT2D eigenvalue weighted by molar-refractivity contribution is 0.0702. The lowest BCUT2D eigenvalue weighted by Gasteiger charge is -2.25. The number of carbonyl (C=O) groups is 4. The SMILES string of the molecule is Cc1cccc(OCc2nc3c(o2)CN(C(=O)c2ccc(F)c(C#N)c2)CC3)c1.Cc1ccccc1OCc1nc2c(o1)CN(C(=O)c1ccc(F)cc1)CC2.N#Cc1cc(C(=O)N2CCc3nc(COc4ccccc4)oc3C2)ccc1F.O=C(c1ncc(F)cc1F)N1CCc2nc(COc3ccccc3)oc2C1. The molecule has 7 aromatic carbocycles. The first-order valence-corrected chi connectivity index (χ1v) is 35.1. The molecule has 111 heavy (non-hydrogen) atoms. The quantitative estimate of drug-likeness (QED) is 0.0812. The summed E-state index contributed by atoms with van der Waals surface area (Å²) in [6, 6.07) is 51.4. The van der Waals surface area contributed by atoms with Crippen LogP contribution in [0.3, 0.4) is 0 Å². The molecule has 0 fully saturated rings. The van der Waals surface area contributed by atoms with Gasteiger partial charge in [-0.05, 0) is 128 Å². The van der Waals surface area contributed by atoms with Crippen LogP contribution in [0.15, 0.2) is 200 Å². The molecule has 0 spiro atoms. The molecule has 0 radical (unpaired) electrons. The van der Waals surface area contributed by atoms with Crippen LogP contribution < -0.4 is 18.9 Å². The van der Waals surface area contributed by atoms with Gasteiger partial charge in [-0.15, -0.1) is 0 Å². The number of hydrogen-bond acceptors (Lipinski definition) is 19. The molecule has 0 aliphatic carbocycles. The first kappa shape index (κ1) is 75.5. The van der Waals surface area contributed by atoms with Crippen LogP contribution in [0.4, 0.5) is 22.0 Å². The number of oxazole rings is 4. The van der Waals surface area contributed by atoms with Gasteiger partial charge in [-0.3, -0.25) is 19.2 Å². The van der Waals surface area contributed by atoms with Crippen LogP contribution in [0.25, 0.3) is 0 Å². The van der Waals surface area contributed by atoms with Gasteiger partial charge in [-0.25, -0.2) is 46.9 Å². The van der Waals surface area contributed by atoms with Crippen LogP contribution in [-0.2, 0) is 78.3 Å². The number of nitrogens with zero attached hydrogens (tertiary/aromatic N) is 11. The predicted molar refractivity (Wildman–Crippen MR) is 385 cm³/mol. The summed E-state index contributed by atoms with van der Waals surface area (Å²) in [4.78, 5) is 78.2. The molecule has 5 aromatic heterocycles. The van der Waals surface area contributed by atoms with Crippen LogP contribution in [0.1, 0.15) is 133 Å². The molecule has 0 saturated carbocycles. The van der Waals surface area contributed by atoms with Crippen LogP contribution in [0.2, 0.25) is 0 Å². The van der Waals surface area contributed by atoms with Crippen molar-refractivity contribution >= 4 is 23.6 Å². The highest BCUT2D eigenvalue weighted by Gasteiger charge is 2.32. The monoisotopic (exact) mass is 1510 g/mol. The number of rotatable bonds is 16. The van der Waals surface area contributed by atoms with Crippen LogP contribution in [0.5, 0.6) is 23.0 Å². The third-order valence-electron chi connectivity index (χ3n) is 18.0. The number of ether oxygens (including phenoxy) is 4. The average molecular weight is 1510 g/mol. The van der Waals surface area contributed by atoms with Gasteiger partial charge >= 0.3 is 0 Å². The van der Waals surface area contributed by atoms with E-state index in [1.54, 1.807) is 26.8 Å². The zero-order chi connectivity index (χ0) is 77.5. The van der Waals surface area contributed by atoms with Crippen LogP contribution in [-0.4, -0.2) is 94.3 Å². The van der Waals surface area contributed by atoms with Gasteiger partial charge in [0.1, 0.15) is 81.4 Å². The van der Waals surface area contributed by atoms with Crippen LogP contribution in [0, 0.1) is 65.6 Å². The minimum Gasteiger partial charge on any atom is -0.484 e. The molecule has 562 valence electrons. The van der Waals surface area contributed by atoms with E-state index in [-0.39, 0.29) is 91.9 Å². The number of nitriles is 2. The van der Waals surface area contributed by atoms with E-state index in [0.29, 0.717) is 122 Å². The second-order valence-electron chi connectivity index (χ2n) is 25.8. The Balaban J connectivity index is 0.000000130. The number of para-hydroxylation sites is 3. The standard InChI is InChI=1S/C22H18FN3O3.C21H16FN3O3.C21H19FN2O3.C19H15F2N3O3/c1-14-3-2-4-17(9-14)28-13-21-25-19-7-8-26(12-20(19)29-21)22(27)15-5-6-18(23)16(10-15)11-24;22-17-7-6-14(10-15(17)11-23)21(26)25-9-8-18-19(12-25)28-20(24-18)13-27-16-4-2-1-3-5-16;1-14-4-2-3-5-18(14)26-13-20-23-17-10-11-24(12-19(17)27-20)21(25)15-6-8-16(22)9-7-15;20-12-8-14(21)18(22-9-12)19(25)24-7-6-15-16(10-24)27-17(23-15)11-26-13-4-2-1-3-5-13/h2-6,9-10H,7-8,12-13H2,1H3;1-7,10H,8-9,12-13H2;2-9H,10-13H2,1H3;1-5,8-9H,6-7,10-11H2. The first-order chi connectivity index (χ1) is 53.9. The maximum absolute atomic E-state index is 13.8. The molecule has 0 unspecified atom stereocenters. The lowest BCUT2D eigenvalue weighted by Crippen LogP contribution is -2.36. The fourth-order valence-electron chi connectivity index (χ4n) is 12.3. The van der Waals surface area contributed by atoms with Gasteiger partial charge in [0.05, 0.1) is 66.3 Å². The summed E-state index contributed by atoms with van der Waals surface area (Å²) in [5.41, 5.74) is 5.68. The van der Waals surface area contributed by atoms with Gasteiger partial charge in [0, 0.05) is 74.6 Å². The highest BCUT2D eigenvalue weighted by atomic mass is 19.1. The van der Waals surface area contributed by atoms with Crippen molar-refractivity contribution in [2.24, 2.45) is 0 Å². The number of aryl methyl sites for hydroxylation is 2. The zero-order valence-electron chi connectivity index (χ0n) is 59.8. The summed E-state index contributed by atoms with van der Waals surface area (Å²) in [6.07, 6.45) is 3.03. The third kappa shape index (κ3) is 19.0. The molecule has 9 heterocycles. The number of amides is 4. The Hall–Kier alpha value is -13.8. The Morgan fingerprint density at radius 3 is 1.22 bits per heavy atom. The van der Waals surface area contributed by atoms with Crippen molar-refractivity contribution in [3.05, 3.63) is 325 Å². The van der Waals surface area contributed by atoms with Crippen LogP contribution >= 0.6 is 0 Å². The fourth-order valence-corrected chi connectivity index (χ4v) is 12.3. The number of carbonyl (C=O) groups excluding carboxylic acids is 4. The minimum absolute atomic E-state index is 0.144. The smallest absolute Gasteiger partial charge is 0.275 e. The first-order valence-electron chi connectivity index (χ1n) is 35.1. The average Bonchev–Trinajstić information content (AvgIpc) is 1.74. The van der Waals surface area contributed by atoms with E-state index in [1.807, 2.05) is 123 Å². The molecule has 0 bridgehead atoms.